The average Bonchev–Trinajstić information content (AvgIpc) is 3.17. The van der Waals surface area contributed by atoms with Gasteiger partial charge in [0.15, 0.2) is 0 Å². The maximum Gasteiger partial charge on any atom is 0.217 e. The predicted molar refractivity (Wildman–Crippen MR) is 130 cm³/mol. The van der Waals surface area contributed by atoms with Crippen LogP contribution in [-0.2, 0) is 36.1 Å². The van der Waals surface area contributed by atoms with Crippen molar-refractivity contribution in [2.75, 3.05) is 46.8 Å². The highest BCUT2D eigenvalue weighted by molar-refractivity contribution is 7.89. The molecule has 1 aliphatic heterocycles. The second-order valence-corrected chi connectivity index (χ2v) is 13.2. The summed E-state index contributed by atoms with van der Waals surface area (Å²) in [6.45, 7) is 3.34. The van der Waals surface area contributed by atoms with Gasteiger partial charge in [-0.25, -0.2) is 12.7 Å². The molecule has 5 atom stereocenters. The first kappa shape index (κ1) is 23.2. The number of piperidine rings is 1. The van der Waals surface area contributed by atoms with Crippen LogP contribution < -0.4 is 0 Å². The lowest BCUT2D eigenvalue weighted by atomic mass is 9.74. The third-order valence-corrected chi connectivity index (χ3v) is 12.1. The lowest BCUT2D eigenvalue weighted by Gasteiger charge is -2.41. The number of sulfonamides is 1. The van der Waals surface area contributed by atoms with E-state index in [1.165, 1.54) is 11.1 Å². The molecule has 2 bridgehead atoms. The first-order valence-corrected chi connectivity index (χ1v) is 14.4. The summed E-state index contributed by atoms with van der Waals surface area (Å²) in [7, 11) is -1.65. The van der Waals surface area contributed by atoms with E-state index in [1.54, 1.807) is 7.11 Å². The SMILES string of the molecule is COCCOCOCC1CC12C1C=CC2C(S(=O)(=O)N2CCC3(CCc4ccccc43)CC2)C1. The summed E-state index contributed by atoms with van der Waals surface area (Å²) in [4.78, 5) is 0. The molecule has 1 aromatic carbocycles. The quantitative estimate of drug-likeness (QED) is 0.303. The van der Waals surface area contributed by atoms with Gasteiger partial charge in [-0.2, -0.15) is 0 Å². The summed E-state index contributed by atoms with van der Waals surface area (Å²) in [6.07, 6.45) is 10.5. The average molecular weight is 488 g/mol. The normalized spacial score (nSPS) is 35.4. The molecule has 1 heterocycles. The minimum Gasteiger partial charge on any atom is -0.382 e. The molecule has 1 aromatic rings. The van der Waals surface area contributed by atoms with Gasteiger partial charge in [-0.15, -0.1) is 0 Å². The Bertz CT molecular complexity index is 1050. The number of rotatable bonds is 9. The molecule has 1 saturated heterocycles. The minimum atomic E-state index is -3.30. The van der Waals surface area contributed by atoms with Gasteiger partial charge in [-0.05, 0) is 72.3 Å². The maximum absolute atomic E-state index is 13.8. The molecule has 0 radical (unpaired) electrons. The number of hydrogen-bond donors (Lipinski definition) is 0. The number of methoxy groups -OCH3 is 1. The molecule has 5 aliphatic rings. The van der Waals surface area contributed by atoms with Gasteiger partial charge < -0.3 is 14.2 Å². The zero-order valence-corrected chi connectivity index (χ0v) is 21.0. The lowest BCUT2D eigenvalue weighted by Crippen LogP contribution is -2.48. The first-order chi connectivity index (χ1) is 16.5. The second-order valence-electron chi connectivity index (χ2n) is 11.1. The molecular formula is C27H37NO5S. The number of fused-ring (bicyclic) bond motifs is 2. The molecule has 6 nitrogen and oxygen atoms in total. The van der Waals surface area contributed by atoms with E-state index in [9.17, 15) is 8.42 Å². The Labute approximate surface area is 203 Å². The fraction of sp³-hybridized carbons (Fsp3) is 0.704. The fourth-order valence-corrected chi connectivity index (χ4v) is 10.1. The Balaban J connectivity index is 1.08. The van der Waals surface area contributed by atoms with Gasteiger partial charge in [0, 0.05) is 26.1 Å². The molecule has 0 aromatic heterocycles. The van der Waals surface area contributed by atoms with E-state index in [4.69, 9.17) is 14.2 Å². The monoisotopic (exact) mass is 487 g/mol. The second kappa shape index (κ2) is 8.70. The molecule has 5 unspecified atom stereocenters. The van der Waals surface area contributed by atoms with Crippen molar-refractivity contribution in [3.8, 4) is 0 Å². The Morgan fingerprint density at radius 2 is 1.88 bits per heavy atom. The smallest absolute Gasteiger partial charge is 0.217 e. The maximum atomic E-state index is 13.8. The van der Waals surface area contributed by atoms with Gasteiger partial charge in [0.1, 0.15) is 6.79 Å². The highest BCUT2D eigenvalue weighted by atomic mass is 32.2. The van der Waals surface area contributed by atoms with Crippen LogP contribution in [0.4, 0.5) is 0 Å². The molecule has 2 spiro atoms. The van der Waals surface area contributed by atoms with Crippen molar-refractivity contribution in [3.05, 3.63) is 47.5 Å². The Morgan fingerprint density at radius 3 is 2.71 bits per heavy atom. The number of nitrogens with zero attached hydrogens (tertiary/aromatic N) is 1. The van der Waals surface area contributed by atoms with Crippen LogP contribution in [0, 0.1) is 23.2 Å². The summed E-state index contributed by atoms with van der Waals surface area (Å²) >= 11 is 0. The van der Waals surface area contributed by atoms with E-state index in [1.807, 2.05) is 4.31 Å². The fourth-order valence-electron chi connectivity index (χ4n) is 7.87. The van der Waals surface area contributed by atoms with Crippen molar-refractivity contribution in [2.24, 2.45) is 23.2 Å². The molecule has 0 amide bonds. The number of hydrogen-bond acceptors (Lipinski definition) is 5. The van der Waals surface area contributed by atoms with Crippen LogP contribution in [0.3, 0.4) is 0 Å². The van der Waals surface area contributed by atoms with Crippen LogP contribution in [-0.4, -0.2) is 64.8 Å². The standard InChI is InChI=1S/C27H37NO5S/c1-31-14-15-32-19-33-18-22-17-27(22)21-6-7-24(27)25(16-21)34(29,30)28-12-10-26(11-13-28)9-8-20-4-2-3-5-23(20)26/h2-7,21-22,24-25H,8-19H2,1H3. The van der Waals surface area contributed by atoms with Gasteiger partial charge in [0.05, 0.1) is 25.1 Å². The topological polar surface area (TPSA) is 65.1 Å². The largest absolute Gasteiger partial charge is 0.382 e. The summed E-state index contributed by atoms with van der Waals surface area (Å²) in [6, 6.07) is 8.78. The highest BCUT2D eigenvalue weighted by Crippen LogP contribution is 2.73. The molecule has 3 fully saturated rings. The van der Waals surface area contributed by atoms with Crippen LogP contribution in [0.1, 0.15) is 43.2 Å². The third kappa shape index (κ3) is 3.53. The summed E-state index contributed by atoms with van der Waals surface area (Å²) in [5.41, 5.74) is 3.22. The van der Waals surface area contributed by atoms with Crippen LogP contribution >= 0.6 is 0 Å². The zero-order valence-electron chi connectivity index (χ0n) is 20.2. The first-order valence-electron chi connectivity index (χ1n) is 12.9. The van der Waals surface area contributed by atoms with E-state index in [0.717, 1.165) is 38.5 Å². The van der Waals surface area contributed by atoms with Gasteiger partial charge in [-0.3, -0.25) is 0 Å². The molecule has 0 N–H and O–H groups in total. The minimum absolute atomic E-state index is 0.103. The molecule has 2 saturated carbocycles. The van der Waals surface area contributed by atoms with E-state index in [0.29, 0.717) is 44.7 Å². The van der Waals surface area contributed by atoms with Crippen LogP contribution in [0.5, 0.6) is 0 Å². The van der Waals surface area contributed by atoms with Crippen molar-refractivity contribution in [1.82, 2.24) is 4.31 Å². The van der Waals surface area contributed by atoms with Gasteiger partial charge >= 0.3 is 0 Å². The predicted octanol–water partition coefficient (Wildman–Crippen LogP) is 3.51. The Hall–Kier alpha value is -1.25. The van der Waals surface area contributed by atoms with Crippen molar-refractivity contribution in [3.63, 3.8) is 0 Å². The van der Waals surface area contributed by atoms with Crippen molar-refractivity contribution in [1.29, 1.82) is 0 Å². The summed E-state index contributed by atoms with van der Waals surface area (Å²) in [5, 5.41) is -0.268. The number of allylic oxidation sites excluding steroid dienone is 2. The Morgan fingerprint density at radius 1 is 1.06 bits per heavy atom. The summed E-state index contributed by atoms with van der Waals surface area (Å²) < 4.78 is 45.7. The van der Waals surface area contributed by atoms with E-state index < -0.39 is 10.0 Å². The number of ether oxygens (including phenoxy) is 3. The summed E-state index contributed by atoms with van der Waals surface area (Å²) in [5.74, 6) is 0.940. The number of benzene rings is 1. The molecule has 4 aliphatic carbocycles. The molecule has 6 rings (SSSR count). The molecular weight excluding hydrogens is 450 g/mol. The van der Waals surface area contributed by atoms with Gasteiger partial charge in [0.25, 0.3) is 0 Å². The molecule has 34 heavy (non-hydrogen) atoms. The molecule has 7 heteroatoms. The Kier molecular flexibility index (Phi) is 5.93. The van der Waals surface area contributed by atoms with Gasteiger partial charge in [0.2, 0.25) is 10.0 Å². The van der Waals surface area contributed by atoms with Crippen molar-refractivity contribution >= 4 is 10.0 Å². The van der Waals surface area contributed by atoms with Crippen molar-refractivity contribution in [2.45, 2.75) is 49.2 Å². The third-order valence-electron chi connectivity index (χ3n) is 9.75. The van der Waals surface area contributed by atoms with Crippen LogP contribution in [0.25, 0.3) is 0 Å². The highest BCUT2D eigenvalue weighted by Gasteiger charge is 2.71. The van der Waals surface area contributed by atoms with Gasteiger partial charge in [-0.1, -0.05) is 36.4 Å². The van der Waals surface area contributed by atoms with Crippen LogP contribution in [0.2, 0.25) is 0 Å². The van der Waals surface area contributed by atoms with Crippen molar-refractivity contribution < 1.29 is 22.6 Å². The lowest BCUT2D eigenvalue weighted by molar-refractivity contribution is -0.0712. The molecule has 186 valence electrons. The van der Waals surface area contributed by atoms with Crippen LogP contribution in [0.15, 0.2) is 36.4 Å². The zero-order chi connectivity index (χ0) is 23.4. The van der Waals surface area contributed by atoms with E-state index in [2.05, 4.69) is 36.4 Å². The number of aryl methyl sites for hydroxylation is 1. The van der Waals surface area contributed by atoms with E-state index in [-0.39, 0.29) is 28.8 Å². The van der Waals surface area contributed by atoms with E-state index >= 15 is 0 Å².